The summed E-state index contributed by atoms with van der Waals surface area (Å²) < 4.78 is 38.7. The fraction of sp³-hybridized carbons (Fsp3) is 0.273. The SMILES string of the molecule is O=C(Nc1cccc(C(F)(F)F)c1)[C@H]1CCCN(C(=O)c2cc(-c3ccccn3)n[nH]2)C1. The predicted octanol–water partition coefficient (Wildman–Crippen LogP) is 3.98. The molecule has 0 radical (unpaired) electrons. The molecule has 32 heavy (non-hydrogen) atoms. The molecule has 1 fully saturated rings. The van der Waals surface area contributed by atoms with Crippen LogP contribution in [0.25, 0.3) is 11.4 Å². The number of nitrogens with one attached hydrogen (secondary N) is 2. The van der Waals surface area contributed by atoms with Crippen LogP contribution in [0.2, 0.25) is 0 Å². The standard InChI is InChI=1S/C22H20F3N5O2/c23-22(24,25)15-6-3-7-16(11-15)27-20(31)14-5-4-10-30(13-14)21(32)19-12-18(28-29-19)17-8-1-2-9-26-17/h1-3,6-9,11-12,14H,4-5,10,13H2,(H,27,31)(H,28,29)/t14-/m0/s1. The number of hydrogen-bond donors (Lipinski definition) is 2. The van der Waals surface area contributed by atoms with Crippen LogP contribution in [-0.4, -0.2) is 45.0 Å². The highest BCUT2D eigenvalue weighted by Gasteiger charge is 2.32. The zero-order chi connectivity index (χ0) is 22.7. The van der Waals surface area contributed by atoms with Crippen molar-refractivity contribution in [1.29, 1.82) is 0 Å². The van der Waals surface area contributed by atoms with Crippen molar-refractivity contribution >= 4 is 17.5 Å². The van der Waals surface area contributed by atoms with Crippen molar-refractivity contribution in [3.05, 3.63) is 66.0 Å². The molecule has 1 aromatic carbocycles. The van der Waals surface area contributed by atoms with Crippen LogP contribution < -0.4 is 5.32 Å². The molecule has 166 valence electrons. The third-order valence-electron chi connectivity index (χ3n) is 5.27. The highest BCUT2D eigenvalue weighted by atomic mass is 19.4. The van der Waals surface area contributed by atoms with E-state index in [1.807, 2.05) is 6.07 Å². The van der Waals surface area contributed by atoms with Crippen LogP contribution in [0.5, 0.6) is 0 Å². The Labute approximate surface area is 181 Å². The van der Waals surface area contributed by atoms with Crippen LogP contribution in [0.15, 0.2) is 54.7 Å². The van der Waals surface area contributed by atoms with Crippen molar-refractivity contribution < 1.29 is 22.8 Å². The predicted molar refractivity (Wildman–Crippen MR) is 111 cm³/mol. The molecule has 0 bridgehead atoms. The molecule has 0 unspecified atom stereocenters. The van der Waals surface area contributed by atoms with Gasteiger partial charge in [0.1, 0.15) is 11.4 Å². The zero-order valence-electron chi connectivity index (χ0n) is 16.9. The van der Waals surface area contributed by atoms with Gasteiger partial charge in [-0.05, 0) is 49.2 Å². The first-order valence-electron chi connectivity index (χ1n) is 10.1. The van der Waals surface area contributed by atoms with Crippen molar-refractivity contribution in [3.63, 3.8) is 0 Å². The van der Waals surface area contributed by atoms with Gasteiger partial charge < -0.3 is 10.2 Å². The lowest BCUT2D eigenvalue weighted by atomic mass is 9.96. The highest BCUT2D eigenvalue weighted by Crippen LogP contribution is 2.31. The van der Waals surface area contributed by atoms with Gasteiger partial charge in [-0.15, -0.1) is 0 Å². The number of halogens is 3. The fourth-order valence-electron chi connectivity index (χ4n) is 3.64. The lowest BCUT2D eigenvalue weighted by Gasteiger charge is -2.31. The molecular formula is C22H20F3N5O2. The average Bonchev–Trinajstić information content (AvgIpc) is 3.29. The molecular weight excluding hydrogens is 423 g/mol. The summed E-state index contributed by atoms with van der Waals surface area (Å²) in [5, 5.41) is 9.40. The lowest BCUT2D eigenvalue weighted by Crippen LogP contribution is -2.43. The minimum Gasteiger partial charge on any atom is -0.337 e. The van der Waals surface area contributed by atoms with Gasteiger partial charge in [-0.3, -0.25) is 19.7 Å². The number of H-pyrrole nitrogens is 1. The van der Waals surface area contributed by atoms with E-state index in [0.717, 1.165) is 12.1 Å². The molecule has 3 aromatic rings. The molecule has 4 rings (SSSR count). The smallest absolute Gasteiger partial charge is 0.337 e. The number of hydrogen-bond acceptors (Lipinski definition) is 4. The van der Waals surface area contributed by atoms with E-state index < -0.39 is 23.6 Å². The van der Waals surface area contributed by atoms with Gasteiger partial charge in [0.05, 0.1) is 17.2 Å². The molecule has 0 aliphatic carbocycles. The van der Waals surface area contributed by atoms with Crippen molar-refractivity contribution in [2.75, 3.05) is 18.4 Å². The van der Waals surface area contributed by atoms with Gasteiger partial charge in [-0.2, -0.15) is 18.3 Å². The number of nitrogens with zero attached hydrogens (tertiary/aromatic N) is 3. The van der Waals surface area contributed by atoms with E-state index in [-0.39, 0.29) is 23.8 Å². The third-order valence-corrected chi connectivity index (χ3v) is 5.27. The Morgan fingerprint density at radius 1 is 1.09 bits per heavy atom. The summed E-state index contributed by atoms with van der Waals surface area (Å²) in [4.78, 5) is 31.3. The molecule has 1 aliphatic heterocycles. The minimum absolute atomic E-state index is 0.0712. The van der Waals surface area contributed by atoms with Gasteiger partial charge in [0.2, 0.25) is 5.91 Å². The van der Waals surface area contributed by atoms with E-state index in [1.165, 1.54) is 12.1 Å². The molecule has 2 amide bonds. The molecule has 0 spiro atoms. The molecule has 10 heteroatoms. The van der Waals surface area contributed by atoms with E-state index in [0.29, 0.717) is 30.8 Å². The van der Waals surface area contributed by atoms with Crippen molar-refractivity contribution in [3.8, 4) is 11.4 Å². The normalized spacial score (nSPS) is 16.6. The number of carbonyl (C=O) groups excluding carboxylic acids is 2. The van der Waals surface area contributed by atoms with Gasteiger partial charge in [-0.1, -0.05) is 12.1 Å². The number of carbonyl (C=O) groups is 2. The number of amides is 2. The summed E-state index contributed by atoms with van der Waals surface area (Å²) in [5.74, 6) is -1.24. The largest absolute Gasteiger partial charge is 0.416 e. The molecule has 3 heterocycles. The number of anilines is 1. The summed E-state index contributed by atoms with van der Waals surface area (Å²) in [7, 11) is 0. The number of aromatic nitrogens is 3. The van der Waals surface area contributed by atoms with Gasteiger partial charge in [0.25, 0.3) is 5.91 Å². The molecule has 2 N–H and O–H groups in total. The maximum atomic E-state index is 12.9. The Balaban J connectivity index is 1.42. The molecule has 1 aliphatic rings. The second-order valence-corrected chi connectivity index (χ2v) is 7.54. The van der Waals surface area contributed by atoms with Gasteiger partial charge in [0, 0.05) is 25.0 Å². The van der Waals surface area contributed by atoms with Crippen LogP contribution in [0, 0.1) is 5.92 Å². The van der Waals surface area contributed by atoms with E-state index >= 15 is 0 Å². The Bertz CT molecular complexity index is 1110. The minimum atomic E-state index is -4.49. The van der Waals surface area contributed by atoms with Crippen LogP contribution in [0.4, 0.5) is 18.9 Å². The molecule has 0 saturated carbocycles. The van der Waals surface area contributed by atoms with Crippen molar-refractivity contribution in [2.24, 2.45) is 5.92 Å². The number of benzene rings is 1. The summed E-state index contributed by atoms with van der Waals surface area (Å²) in [5.41, 5.74) is 0.676. The van der Waals surface area contributed by atoms with E-state index in [1.54, 1.807) is 29.3 Å². The number of piperidine rings is 1. The highest BCUT2D eigenvalue weighted by molar-refractivity contribution is 5.95. The third kappa shape index (κ3) is 4.79. The topological polar surface area (TPSA) is 91.0 Å². The second-order valence-electron chi connectivity index (χ2n) is 7.54. The summed E-state index contributed by atoms with van der Waals surface area (Å²) >= 11 is 0. The maximum absolute atomic E-state index is 12.9. The monoisotopic (exact) mass is 443 g/mol. The first-order chi connectivity index (χ1) is 15.3. The summed E-state index contributed by atoms with van der Waals surface area (Å²) in [6.45, 7) is 0.645. The van der Waals surface area contributed by atoms with E-state index in [4.69, 9.17) is 0 Å². The summed E-state index contributed by atoms with van der Waals surface area (Å²) in [6.07, 6.45) is -1.72. The van der Waals surface area contributed by atoms with Crippen molar-refractivity contribution in [1.82, 2.24) is 20.1 Å². The number of likely N-dealkylation sites (tertiary alicyclic amines) is 1. The van der Waals surface area contributed by atoms with Gasteiger partial charge >= 0.3 is 6.18 Å². The number of rotatable bonds is 4. The fourth-order valence-corrected chi connectivity index (χ4v) is 3.64. The van der Waals surface area contributed by atoms with Crippen LogP contribution >= 0.6 is 0 Å². The molecule has 7 nitrogen and oxygen atoms in total. The first-order valence-corrected chi connectivity index (χ1v) is 10.1. The zero-order valence-corrected chi connectivity index (χ0v) is 16.9. The van der Waals surface area contributed by atoms with E-state index in [2.05, 4.69) is 20.5 Å². The van der Waals surface area contributed by atoms with Crippen LogP contribution in [-0.2, 0) is 11.0 Å². The Kier molecular flexibility index (Phi) is 5.93. The molecule has 2 aromatic heterocycles. The Morgan fingerprint density at radius 2 is 1.94 bits per heavy atom. The first kappa shape index (κ1) is 21.5. The number of alkyl halides is 3. The van der Waals surface area contributed by atoms with Crippen molar-refractivity contribution in [2.45, 2.75) is 19.0 Å². The molecule has 1 saturated heterocycles. The van der Waals surface area contributed by atoms with E-state index in [9.17, 15) is 22.8 Å². The van der Waals surface area contributed by atoms with Crippen LogP contribution in [0.1, 0.15) is 28.9 Å². The lowest BCUT2D eigenvalue weighted by molar-refractivity contribution is -0.137. The molecule has 1 atom stereocenters. The average molecular weight is 443 g/mol. The quantitative estimate of drug-likeness (QED) is 0.638. The summed E-state index contributed by atoms with van der Waals surface area (Å²) in [6, 6.07) is 11.5. The van der Waals surface area contributed by atoms with Gasteiger partial charge in [-0.25, -0.2) is 0 Å². The number of pyridine rings is 1. The maximum Gasteiger partial charge on any atom is 0.416 e. The number of aromatic amines is 1. The van der Waals surface area contributed by atoms with Crippen LogP contribution in [0.3, 0.4) is 0 Å². The Hall–Kier alpha value is -3.69. The second kappa shape index (κ2) is 8.81. The van der Waals surface area contributed by atoms with Gasteiger partial charge in [0.15, 0.2) is 0 Å². The Morgan fingerprint density at radius 3 is 2.69 bits per heavy atom.